The van der Waals surface area contributed by atoms with Crippen LogP contribution in [-0.2, 0) is 25.5 Å². The molecule has 11 rings (SSSR count). The number of hydrogen-bond donors (Lipinski definition) is 0. The second-order valence-corrected chi connectivity index (χ2v) is 18.3. The summed E-state index contributed by atoms with van der Waals surface area (Å²) in [5.74, 6) is 1.97. The van der Waals surface area contributed by atoms with Crippen molar-refractivity contribution in [3.63, 3.8) is 0 Å². The summed E-state index contributed by atoms with van der Waals surface area (Å²) in [4.78, 5) is 19.2. The monoisotopic (exact) mass is 1040 g/mol. The molecule has 0 spiro atoms. The third-order valence-corrected chi connectivity index (χ3v) is 12.1. The fraction of sp³-hybridized carbons (Fsp3) is 0.186. The molecule has 11 aromatic rings. The number of pyridine rings is 1. The van der Waals surface area contributed by atoms with Crippen molar-refractivity contribution in [3.8, 4) is 39.6 Å². The van der Waals surface area contributed by atoms with Crippen molar-refractivity contribution in [1.82, 2.24) is 24.5 Å². The van der Waals surface area contributed by atoms with E-state index in [1.54, 1.807) is 12.1 Å². The van der Waals surface area contributed by atoms with Crippen LogP contribution in [0.5, 0.6) is 0 Å². The first-order valence-electron chi connectivity index (χ1n) is 23.8. The second kappa shape index (κ2) is 17.9. The van der Waals surface area contributed by atoms with Crippen LogP contribution in [0.25, 0.3) is 94.4 Å². The summed E-state index contributed by atoms with van der Waals surface area (Å²) in [6, 6.07) is 55.3. The first kappa shape index (κ1) is 40.7. The van der Waals surface area contributed by atoms with E-state index >= 15 is 0 Å². The van der Waals surface area contributed by atoms with E-state index in [0.29, 0.717) is 16.9 Å². The van der Waals surface area contributed by atoms with E-state index in [-0.39, 0.29) is 37.4 Å². The number of rotatable bonds is 6. The summed E-state index contributed by atoms with van der Waals surface area (Å²) >= 11 is 0. The third kappa shape index (κ3) is 8.23. The molecule has 0 aliphatic carbocycles. The van der Waals surface area contributed by atoms with Gasteiger partial charge < -0.3 is 8.98 Å². The molecule has 0 bridgehead atoms. The van der Waals surface area contributed by atoms with Crippen LogP contribution in [0.4, 0.5) is 0 Å². The van der Waals surface area contributed by atoms with Crippen molar-refractivity contribution in [2.24, 2.45) is 0 Å². The normalized spacial score (nSPS) is 12.7. The molecule has 329 valence electrons. The number of furan rings is 1. The van der Waals surface area contributed by atoms with Crippen molar-refractivity contribution >= 4 is 54.8 Å². The maximum atomic E-state index is 7.88. The molecule has 0 aliphatic heterocycles. The number of fused-ring (bicyclic) bond motifs is 7. The average Bonchev–Trinajstić information content (AvgIpc) is 3.91. The van der Waals surface area contributed by atoms with E-state index in [9.17, 15) is 0 Å². The molecule has 7 heteroatoms. The van der Waals surface area contributed by atoms with Gasteiger partial charge in [0.05, 0.1) is 33.8 Å². The minimum atomic E-state index is -2.18. The Morgan fingerprint density at radius 3 is 2.12 bits per heavy atom. The standard InChI is InChI=1S/C45H36N3O.C14H15N2.Ir/c1-26(2)36-24-32(29-12-7-6-8-13-29)25-37(27(3)4)42(36)48-40-17-10-9-16-39(40)46-44(48)35-15-11-14-34-38-23-31-20-19-30-22-28(5)18-21-33(30)41(31)47-45(38)49-43(34)35;1-14(2,3)12-9-10-15-13(16-12)11-7-5-4-6-8-11;/h6-14,16-27H,1-5H3;4-7,9-10H,1-3H3;/q2*-1;/i5D3;;. The van der Waals surface area contributed by atoms with Gasteiger partial charge in [0.2, 0.25) is 5.71 Å². The van der Waals surface area contributed by atoms with Crippen molar-refractivity contribution in [2.75, 3.05) is 0 Å². The number of nitrogens with zero attached hydrogens (tertiary/aromatic N) is 5. The minimum Gasteiger partial charge on any atom is -0.486 e. The predicted octanol–water partition coefficient (Wildman–Crippen LogP) is 15.6. The van der Waals surface area contributed by atoms with E-state index in [0.717, 1.165) is 77.6 Å². The van der Waals surface area contributed by atoms with Gasteiger partial charge in [-0.3, -0.25) is 15.0 Å². The van der Waals surface area contributed by atoms with Gasteiger partial charge in [0.1, 0.15) is 0 Å². The van der Waals surface area contributed by atoms with Crippen LogP contribution < -0.4 is 0 Å². The van der Waals surface area contributed by atoms with Crippen molar-refractivity contribution in [1.29, 1.82) is 0 Å². The molecule has 4 heterocycles. The topological polar surface area (TPSA) is 69.6 Å². The van der Waals surface area contributed by atoms with Crippen molar-refractivity contribution in [3.05, 3.63) is 186 Å². The minimum absolute atomic E-state index is 0. The van der Waals surface area contributed by atoms with Crippen LogP contribution in [0, 0.1) is 19.0 Å². The molecule has 0 fully saturated rings. The van der Waals surface area contributed by atoms with Crippen LogP contribution in [-0.4, -0.2) is 24.5 Å². The van der Waals surface area contributed by atoms with E-state index in [4.69, 9.17) is 18.5 Å². The van der Waals surface area contributed by atoms with Crippen molar-refractivity contribution < 1.29 is 28.6 Å². The third-order valence-electron chi connectivity index (χ3n) is 12.1. The van der Waals surface area contributed by atoms with Gasteiger partial charge in [0.25, 0.3) is 0 Å². The maximum absolute atomic E-state index is 7.88. The van der Waals surface area contributed by atoms with Crippen LogP contribution in [0.2, 0.25) is 0 Å². The zero-order valence-electron chi connectivity index (χ0n) is 41.1. The zero-order chi connectivity index (χ0) is 47.5. The summed E-state index contributed by atoms with van der Waals surface area (Å²) in [5.41, 5.74) is 13.0. The van der Waals surface area contributed by atoms with Gasteiger partial charge in [-0.25, -0.2) is 4.98 Å². The smallest absolute Gasteiger partial charge is 0.216 e. The Morgan fingerprint density at radius 2 is 1.39 bits per heavy atom. The van der Waals surface area contributed by atoms with Crippen molar-refractivity contribution in [2.45, 2.75) is 72.6 Å². The number of para-hydroxylation sites is 2. The van der Waals surface area contributed by atoms with Gasteiger partial charge in [0.15, 0.2) is 0 Å². The first-order valence-corrected chi connectivity index (χ1v) is 22.3. The molecule has 4 aromatic heterocycles. The molecule has 0 N–H and O–H groups in total. The Kier molecular flexibility index (Phi) is 11.0. The quantitative estimate of drug-likeness (QED) is 0.123. The number of imidazole rings is 1. The second-order valence-electron chi connectivity index (χ2n) is 18.3. The Hall–Kier alpha value is -6.79. The Morgan fingerprint density at radius 1 is 0.652 bits per heavy atom. The molecular weight excluding hydrogens is 987 g/mol. The summed E-state index contributed by atoms with van der Waals surface area (Å²) in [6.07, 6.45) is 1.81. The largest absolute Gasteiger partial charge is 0.486 e. The average molecular weight is 1040 g/mol. The molecule has 0 aliphatic rings. The molecule has 1 radical (unpaired) electrons. The number of hydrogen-bond acceptors (Lipinski definition) is 5. The van der Waals surface area contributed by atoms with Crippen LogP contribution in [0.3, 0.4) is 0 Å². The summed E-state index contributed by atoms with van der Waals surface area (Å²) in [5, 5.41) is 4.49. The fourth-order valence-electron chi connectivity index (χ4n) is 8.76. The summed E-state index contributed by atoms with van der Waals surface area (Å²) < 4.78 is 32.7. The van der Waals surface area contributed by atoms with Crippen LogP contribution in [0.15, 0.2) is 156 Å². The molecule has 6 nitrogen and oxygen atoms in total. The molecule has 0 amide bonds. The van der Waals surface area contributed by atoms with Gasteiger partial charge in [-0.15, -0.1) is 54.1 Å². The Bertz CT molecular complexity index is 3640. The van der Waals surface area contributed by atoms with Gasteiger partial charge in [0, 0.05) is 63.4 Å². The van der Waals surface area contributed by atoms with Gasteiger partial charge in [-0.1, -0.05) is 138 Å². The molecule has 0 unspecified atom stereocenters. The van der Waals surface area contributed by atoms with Gasteiger partial charge >= 0.3 is 0 Å². The maximum Gasteiger partial charge on any atom is 0.216 e. The van der Waals surface area contributed by atoms with E-state index in [1.807, 2.05) is 72.9 Å². The number of benzene rings is 7. The van der Waals surface area contributed by atoms with E-state index < -0.39 is 6.85 Å². The first-order chi connectivity index (χ1) is 32.6. The molecule has 0 atom stereocenters. The Balaban J connectivity index is 0.000000296. The summed E-state index contributed by atoms with van der Waals surface area (Å²) in [6.45, 7) is 13.3. The zero-order valence-corrected chi connectivity index (χ0v) is 40.5. The number of aryl methyl sites for hydroxylation is 1. The Labute approximate surface area is 404 Å². The molecular formula is C59H51IrN5O-2. The SMILES string of the molecule is CC(C)(C)c1ccnc(-c2[c-]cccc2)n1.[2H]C([2H])([2H])c1ccc2c(ccc3cc4c(nc32)oc2c(-c3nc5ccccc5n3-c3c(C(C)C)cc(-c5ccccc5)cc3C(C)C)[c-]ccc24)c1.[Ir]. The van der Waals surface area contributed by atoms with E-state index in [2.05, 4.69) is 142 Å². The molecule has 66 heavy (non-hydrogen) atoms. The predicted molar refractivity (Wildman–Crippen MR) is 269 cm³/mol. The summed E-state index contributed by atoms with van der Waals surface area (Å²) in [7, 11) is 0. The van der Waals surface area contributed by atoms with Gasteiger partial charge in [-0.2, -0.15) is 0 Å². The van der Waals surface area contributed by atoms with Gasteiger partial charge in [-0.05, 0) is 82.7 Å². The molecule has 7 aromatic carbocycles. The molecule has 0 saturated carbocycles. The van der Waals surface area contributed by atoms with Crippen LogP contribution in [0.1, 0.15) is 86.8 Å². The van der Waals surface area contributed by atoms with Crippen LogP contribution >= 0.6 is 0 Å². The molecule has 0 saturated heterocycles. The van der Waals surface area contributed by atoms with E-state index in [1.165, 1.54) is 22.3 Å². The fourth-order valence-corrected chi connectivity index (χ4v) is 8.76. The number of aromatic nitrogens is 5.